The summed E-state index contributed by atoms with van der Waals surface area (Å²) < 4.78 is 4.63. The van der Waals surface area contributed by atoms with Crippen molar-refractivity contribution >= 4 is 18.4 Å². The van der Waals surface area contributed by atoms with Crippen molar-refractivity contribution in [2.24, 2.45) is 5.73 Å². The predicted octanol–water partition coefficient (Wildman–Crippen LogP) is 0.709. The van der Waals surface area contributed by atoms with Gasteiger partial charge in [-0.15, -0.1) is 12.4 Å². The van der Waals surface area contributed by atoms with E-state index in [4.69, 9.17) is 5.73 Å². The van der Waals surface area contributed by atoms with Crippen molar-refractivity contribution in [3.63, 3.8) is 0 Å². The summed E-state index contributed by atoms with van der Waals surface area (Å²) in [5.41, 5.74) is 5.44. The molecule has 3 nitrogen and oxygen atoms in total. The fourth-order valence-electron chi connectivity index (χ4n) is 0.342. The second-order valence-electron chi connectivity index (χ2n) is 1.97. The summed E-state index contributed by atoms with van der Waals surface area (Å²) in [4.78, 5) is 10.2. The number of carbonyl (C=O) groups excluding carboxylic acids is 1. The predicted molar refractivity (Wildman–Crippen MR) is 42.1 cm³/mol. The molecule has 0 amide bonds. The quantitative estimate of drug-likeness (QED) is 0.630. The molecule has 0 heterocycles. The monoisotopic (exact) mass is 167 g/mol. The van der Waals surface area contributed by atoms with E-state index in [1.807, 2.05) is 6.92 Å². The van der Waals surface area contributed by atoms with E-state index in [1.165, 1.54) is 6.92 Å². The topological polar surface area (TPSA) is 52.3 Å². The fourth-order valence-corrected chi connectivity index (χ4v) is 0.342. The summed E-state index contributed by atoms with van der Waals surface area (Å²) in [5, 5.41) is 0. The molecule has 0 aromatic rings. The van der Waals surface area contributed by atoms with E-state index in [0.29, 0.717) is 6.61 Å². The summed E-state index contributed by atoms with van der Waals surface area (Å²) in [6.07, 6.45) is 0.841. The highest BCUT2D eigenvalue weighted by Gasteiger charge is 1.99. The molecule has 0 rings (SSSR count). The van der Waals surface area contributed by atoms with Gasteiger partial charge in [-0.05, 0) is 6.42 Å². The van der Waals surface area contributed by atoms with Gasteiger partial charge in [0.2, 0.25) is 0 Å². The Bertz CT molecular complexity index is 97.7. The second-order valence-corrected chi connectivity index (χ2v) is 1.97. The zero-order valence-electron chi connectivity index (χ0n) is 6.29. The minimum atomic E-state index is -0.265. The summed E-state index contributed by atoms with van der Waals surface area (Å²) in [5.74, 6) is -0.265. The maximum atomic E-state index is 10.2. The zero-order valence-corrected chi connectivity index (χ0v) is 7.11. The van der Waals surface area contributed by atoms with Gasteiger partial charge in [0.25, 0.3) is 0 Å². The van der Waals surface area contributed by atoms with Crippen LogP contribution in [0.1, 0.15) is 20.3 Å². The average molecular weight is 168 g/mol. The normalized spacial score (nSPS) is 11.5. The molecule has 0 aromatic carbocycles. The molecule has 0 spiro atoms. The lowest BCUT2D eigenvalue weighted by Gasteiger charge is -2.06. The van der Waals surface area contributed by atoms with Crippen molar-refractivity contribution in [2.45, 2.75) is 26.3 Å². The van der Waals surface area contributed by atoms with Crippen LogP contribution >= 0.6 is 12.4 Å². The Morgan fingerprint density at radius 2 is 2.20 bits per heavy atom. The highest BCUT2D eigenvalue weighted by Crippen LogP contribution is 1.86. The Balaban J connectivity index is 0. The van der Waals surface area contributed by atoms with Gasteiger partial charge in [0.15, 0.2) is 0 Å². The first kappa shape index (κ1) is 12.4. The molecular weight excluding hydrogens is 154 g/mol. The maximum absolute atomic E-state index is 10.2. The molecule has 0 fully saturated rings. The number of hydrogen-bond donors (Lipinski definition) is 1. The second kappa shape index (κ2) is 6.83. The number of esters is 1. The van der Waals surface area contributed by atoms with Crippen LogP contribution in [-0.2, 0) is 9.53 Å². The van der Waals surface area contributed by atoms with Crippen molar-refractivity contribution in [3.8, 4) is 0 Å². The SMILES string of the molecule is CCC(N)COC(C)=O.Cl. The third-order valence-electron chi connectivity index (χ3n) is 1.03. The van der Waals surface area contributed by atoms with Crippen molar-refractivity contribution in [3.05, 3.63) is 0 Å². The zero-order chi connectivity index (χ0) is 7.28. The molecule has 0 aliphatic rings. The third kappa shape index (κ3) is 7.72. The van der Waals surface area contributed by atoms with Crippen molar-refractivity contribution < 1.29 is 9.53 Å². The lowest BCUT2D eigenvalue weighted by atomic mass is 10.3. The molecule has 1 atom stereocenters. The van der Waals surface area contributed by atoms with Gasteiger partial charge in [0.1, 0.15) is 6.61 Å². The standard InChI is InChI=1S/C6H13NO2.ClH/c1-3-6(7)4-9-5(2)8;/h6H,3-4,7H2,1-2H3;1H. The molecule has 62 valence electrons. The van der Waals surface area contributed by atoms with Crippen LogP contribution < -0.4 is 5.73 Å². The molecule has 0 aromatic heterocycles. The molecule has 0 saturated carbocycles. The smallest absolute Gasteiger partial charge is 0.302 e. The minimum Gasteiger partial charge on any atom is -0.464 e. The van der Waals surface area contributed by atoms with Gasteiger partial charge in [-0.1, -0.05) is 6.92 Å². The summed E-state index contributed by atoms with van der Waals surface area (Å²) in [6, 6.07) is -0.00565. The van der Waals surface area contributed by atoms with Gasteiger partial charge in [-0.2, -0.15) is 0 Å². The van der Waals surface area contributed by atoms with E-state index >= 15 is 0 Å². The van der Waals surface area contributed by atoms with E-state index in [-0.39, 0.29) is 24.4 Å². The molecule has 4 heteroatoms. The molecule has 0 radical (unpaired) electrons. The van der Waals surface area contributed by atoms with Crippen molar-refractivity contribution in [1.29, 1.82) is 0 Å². The van der Waals surface area contributed by atoms with E-state index in [2.05, 4.69) is 4.74 Å². The summed E-state index contributed by atoms with van der Waals surface area (Å²) in [6.45, 7) is 3.67. The van der Waals surface area contributed by atoms with E-state index in [0.717, 1.165) is 6.42 Å². The number of halogens is 1. The Kier molecular flexibility index (Phi) is 8.48. The van der Waals surface area contributed by atoms with Gasteiger partial charge >= 0.3 is 5.97 Å². The van der Waals surface area contributed by atoms with Crippen molar-refractivity contribution in [1.82, 2.24) is 0 Å². The molecular formula is C6H14ClNO2. The lowest BCUT2D eigenvalue weighted by molar-refractivity contribution is -0.141. The number of carbonyl (C=O) groups is 1. The highest BCUT2D eigenvalue weighted by molar-refractivity contribution is 5.85. The highest BCUT2D eigenvalue weighted by atomic mass is 35.5. The van der Waals surface area contributed by atoms with Crippen LogP contribution in [0, 0.1) is 0 Å². The maximum Gasteiger partial charge on any atom is 0.302 e. The van der Waals surface area contributed by atoms with E-state index < -0.39 is 0 Å². The van der Waals surface area contributed by atoms with Crippen LogP contribution in [0.5, 0.6) is 0 Å². The van der Waals surface area contributed by atoms with Gasteiger partial charge in [-0.3, -0.25) is 4.79 Å². The van der Waals surface area contributed by atoms with Gasteiger partial charge < -0.3 is 10.5 Å². The van der Waals surface area contributed by atoms with Crippen LogP contribution in [0.4, 0.5) is 0 Å². The third-order valence-corrected chi connectivity index (χ3v) is 1.03. The molecule has 2 N–H and O–H groups in total. The molecule has 0 aliphatic carbocycles. The Morgan fingerprint density at radius 1 is 1.70 bits per heavy atom. The Morgan fingerprint density at radius 3 is 2.50 bits per heavy atom. The number of nitrogens with two attached hydrogens (primary N) is 1. The Hall–Kier alpha value is -0.280. The number of ether oxygens (including phenoxy) is 1. The molecule has 0 saturated heterocycles. The average Bonchev–Trinajstić information content (AvgIpc) is 1.83. The van der Waals surface area contributed by atoms with Gasteiger partial charge in [-0.25, -0.2) is 0 Å². The largest absolute Gasteiger partial charge is 0.464 e. The van der Waals surface area contributed by atoms with Gasteiger partial charge in [0, 0.05) is 13.0 Å². The van der Waals surface area contributed by atoms with Crippen LogP contribution in [0.15, 0.2) is 0 Å². The first-order valence-corrected chi connectivity index (χ1v) is 3.05. The first-order chi connectivity index (χ1) is 4.16. The number of rotatable bonds is 3. The fraction of sp³-hybridized carbons (Fsp3) is 0.833. The minimum absolute atomic E-state index is 0. The molecule has 0 aliphatic heterocycles. The molecule has 10 heavy (non-hydrogen) atoms. The molecule has 1 unspecified atom stereocenters. The lowest BCUT2D eigenvalue weighted by Crippen LogP contribution is -2.26. The number of hydrogen-bond acceptors (Lipinski definition) is 3. The van der Waals surface area contributed by atoms with E-state index in [9.17, 15) is 4.79 Å². The first-order valence-electron chi connectivity index (χ1n) is 3.05. The molecule has 0 bridgehead atoms. The van der Waals surface area contributed by atoms with Crippen LogP contribution in [0.2, 0.25) is 0 Å². The van der Waals surface area contributed by atoms with E-state index in [1.54, 1.807) is 0 Å². The summed E-state index contributed by atoms with van der Waals surface area (Å²) in [7, 11) is 0. The van der Waals surface area contributed by atoms with Crippen LogP contribution in [0.3, 0.4) is 0 Å². The van der Waals surface area contributed by atoms with Gasteiger partial charge in [0.05, 0.1) is 0 Å². The van der Waals surface area contributed by atoms with Crippen LogP contribution in [-0.4, -0.2) is 18.6 Å². The van der Waals surface area contributed by atoms with Crippen LogP contribution in [0.25, 0.3) is 0 Å². The Labute approximate surface area is 67.3 Å². The summed E-state index contributed by atoms with van der Waals surface area (Å²) >= 11 is 0. The van der Waals surface area contributed by atoms with Crippen molar-refractivity contribution in [2.75, 3.05) is 6.61 Å².